The van der Waals surface area contributed by atoms with Crippen LogP contribution in [0, 0.1) is 0 Å². The Labute approximate surface area is 161 Å². The number of guanidine groups is 1. The van der Waals surface area contributed by atoms with Crippen LogP contribution in [0.3, 0.4) is 0 Å². The number of aromatic nitrogens is 1. The van der Waals surface area contributed by atoms with Crippen molar-refractivity contribution >= 4 is 17.3 Å². The van der Waals surface area contributed by atoms with Crippen LogP contribution in [0.25, 0.3) is 0 Å². The van der Waals surface area contributed by atoms with Gasteiger partial charge in [-0.05, 0) is 38.1 Å². The molecule has 142 valence electrons. The summed E-state index contributed by atoms with van der Waals surface area (Å²) in [5, 5.41) is 7.78. The molecule has 26 heavy (non-hydrogen) atoms. The molecule has 0 fully saturated rings. The second-order valence-electron chi connectivity index (χ2n) is 6.27. The maximum Gasteiger partial charge on any atom is 0.191 e. The molecule has 0 atom stereocenters. The Morgan fingerprint density at radius 1 is 1.19 bits per heavy atom. The van der Waals surface area contributed by atoms with E-state index in [2.05, 4.69) is 72.6 Å². The number of aliphatic imine (C=N–C) groups is 1. The van der Waals surface area contributed by atoms with Crippen LogP contribution in [-0.2, 0) is 26.1 Å². The Morgan fingerprint density at radius 2 is 2.00 bits per heavy atom. The Hall–Kier alpha value is -1.92. The van der Waals surface area contributed by atoms with Crippen molar-refractivity contribution in [3.8, 4) is 0 Å². The van der Waals surface area contributed by atoms with Crippen LogP contribution in [0.4, 0.5) is 0 Å². The van der Waals surface area contributed by atoms with E-state index in [0.29, 0.717) is 13.1 Å². The fourth-order valence-electron chi connectivity index (χ4n) is 2.51. The van der Waals surface area contributed by atoms with Gasteiger partial charge < -0.3 is 15.5 Å². The highest BCUT2D eigenvalue weighted by atomic mass is 32.1. The van der Waals surface area contributed by atoms with Crippen LogP contribution < -0.4 is 10.6 Å². The highest BCUT2D eigenvalue weighted by Crippen LogP contribution is 2.13. The Balaban J connectivity index is 1.96. The standard InChI is InChI=1S/C20H31N5S/c1-5-18-13-22-19(26-18)14-24-20(21-6-2)23-12-16-9-8-10-17(11-16)15-25(4)7-3/h8-11,13H,5-7,12,14-15H2,1-4H3,(H2,21,23,24). The Kier molecular flexibility index (Phi) is 8.58. The minimum atomic E-state index is 0.664. The molecule has 2 rings (SSSR count). The van der Waals surface area contributed by atoms with E-state index in [1.165, 1.54) is 16.0 Å². The first-order valence-electron chi connectivity index (χ1n) is 9.36. The molecule has 0 bridgehead atoms. The highest BCUT2D eigenvalue weighted by molar-refractivity contribution is 7.11. The average Bonchev–Trinajstić information content (AvgIpc) is 3.12. The quantitative estimate of drug-likeness (QED) is 0.522. The average molecular weight is 374 g/mol. The maximum atomic E-state index is 4.72. The van der Waals surface area contributed by atoms with Crippen molar-refractivity contribution in [3.63, 3.8) is 0 Å². The van der Waals surface area contributed by atoms with Crippen molar-refractivity contribution in [2.75, 3.05) is 20.1 Å². The molecule has 0 aliphatic heterocycles. The molecule has 1 heterocycles. The second-order valence-corrected chi connectivity index (χ2v) is 7.47. The van der Waals surface area contributed by atoms with Crippen molar-refractivity contribution in [2.45, 2.75) is 46.8 Å². The van der Waals surface area contributed by atoms with Crippen molar-refractivity contribution in [1.82, 2.24) is 20.5 Å². The van der Waals surface area contributed by atoms with E-state index in [-0.39, 0.29) is 0 Å². The van der Waals surface area contributed by atoms with Crippen LogP contribution in [0.2, 0.25) is 0 Å². The van der Waals surface area contributed by atoms with Crippen LogP contribution in [0.15, 0.2) is 35.5 Å². The summed E-state index contributed by atoms with van der Waals surface area (Å²) in [4.78, 5) is 12.8. The Bertz CT molecular complexity index is 695. The number of nitrogens with zero attached hydrogens (tertiary/aromatic N) is 3. The first-order chi connectivity index (χ1) is 12.6. The van der Waals surface area contributed by atoms with Crippen LogP contribution >= 0.6 is 11.3 Å². The van der Waals surface area contributed by atoms with Gasteiger partial charge >= 0.3 is 0 Å². The number of benzene rings is 1. The van der Waals surface area contributed by atoms with E-state index >= 15 is 0 Å². The zero-order valence-electron chi connectivity index (χ0n) is 16.4. The van der Waals surface area contributed by atoms with Gasteiger partial charge in [-0.15, -0.1) is 11.3 Å². The van der Waals surface area contributed by atoms with Gasteiger partial charge in [0.05, 0.1) is 13.1 Å². The number of hydrogen-bond acceptors (Lipinski definition) is 4. The first kappa shape index (κ1) is 20.4. The highest BCUT2D eigenvalue weighted by Gasteiger charge is 2.04. The number of aryl methyl sites for hydroxylation is 1. The molecule has 6 heteroatoms. The molecule has 0 amide bonds. The Morgan fingerprint density at radius 3 is 2.69 bits per heavy atom. The molecule has 5 nitrogen and oxygen atoms in total. The minimum Gasteiger partial charge on any atom is -0.357 e. The molecule has 0 unspecified atom stereocenters. The second kappa shape index (κ2) is 10.9. The minimum absolute atomic E-state index is 0.664. The summed E-state index contributed by atoms with van der Waals surface area (Å²) in [5.74, 6) is 0.830. The number of thiazole rings is 1. The molecule has 1 aromatic heterocycles. The molecule has 0 spiro atoms. The third-order valence-electron chi connectivity index (χ3n) is 4.10. The van der Waals surface area contributed by atoms with Gasteiger partial charge in [-0.25, -0.2) is 9.98 Å². The van der Waals surface area contributed by atoms with Crippen LogP contribution in [0.1, 0.15) is 41.8 Å². The fourth-order valence-corrected chi connectivity index (χ4v) is 3.32. The normalized spacial score (nSPS) is 11.8. The summed E-state index contributed by atoms with van der Waals surface area (Å²) in [6, 6.07) is 8.67. The summed E-state index contributed by atoms with van der Waals surface area (Å²) in [6.07, 6.45) is 3.00. The van der Waals surface area contributed by atoms with Gasteiger partial charge in [0, 0.05) is 24.2 Å². The molecule has 0 radical (unpaired) electrons. The third kappa shape index (κ3) is 6.77. The van der Waals surface area contributed by atoms with Gasteiger partial charge in [-0.1, -0.05) is 38.1 Å². The summed E-state index contributed by atoms with van der Waals surface area (Å²) >= 11 is 1.76. The summed E-state index contributed by atoms with van der Waals surface area (Å²) in [5.41, 5.74) is 2.56. The lowest BCUT2D eigenvalue weighted by molar-refractivity contribution is 0.345. The SMILES string of the molecule is CCNC(=NCc1cccc(CN(C)CC)c1)NCc1ncc(CC)s1. The van der Waals surface area contributed by atoms with Gasteiger partial charge in [0.1, 0.15) is 5.01 Å². The van der Waals surface area contributed by atoms with E-state index in [1.54, 1.807) is 11.3 Å². The first-order valence-corrected chi connectivity index (χ1v) is 10.2. The van der Waals surface area contributed by atoms with Gasteiger partial charge in [0.15, 0.2) is 5.96 Å². The number of nitrogens with one attached hydrogen (secondary N) is 2. The van der Waals surface area contributed by atoms with Gasteiger partial charge in [-0.3, -0.25) is 0 Å². The zero-order chi connectivity index (χ0) is 18.8. The van der Waals surface area contributed by atoms with E-state index < -0.39 is 0 Å². The fraction of sp³-hybridized carbons (Fsp3) is 0.500. The van der Waals surface area contributed by atoms with Gasteiger partial charge in [-0.2, -0.15) is 0 Å². The maximum absolute atomic E-state index is 4.72. The molecule has 1 aromatic carbocycles. The van der Waals surface area contributed by atoms with Crippen molar-refractivity contribution in [2.24, 2.45) is 4.99 Å². The predicted molar refractivity (Wildman–Crippen MR) is 112 cm³/mol. The van der Waals surface area contributed by atoms with Crippen molar-refractivity contribution in [3.05, 3.63) is 51.5 Å². The lowest BCUT2D eigenvalue weighted by Gasteiger charge is -2.14. The lowest BCUT2D eigenvalue weighted by Crippen LogP contribution is -2.36. The molecule has 0 saturated heterocycles. The molecular formula is C20H31N5S. The largest absolute Gasteiger partial charge is 0.357 e. The third-order valence-corrected chi connectivity index (χ3v) is 5.25. The van der Waals surface area contributed by atoms with Crippen molar-refractivity contribution in [1.29, 1.82) is 0 Å². The topological polar surface area (TPSA) is 52.6 Å². The smallest absolute Gasteiger partial charge is 0.191 e. The lowest BCUT2D eigenvalue weighted by atomic mass is 10.1. The predicted octanol–water partition coefficient (Wildman–Crippen LogP) is 3.41. The monoisotopic (exact) mass is 373 g/mol. The molecule has 0 saturated carbocycles. The molecular weight excluding hydrogens is 342 g/mol. The van der Waals surface area contributed by atoms with E-state index in [4.69, 9.17) is 4.99 Å². The summed E-state index contributed by atoms with van der Waals surface area (Å²) < 4.78 is 0. The van der Waals surface area contributed by atoms with E-state index in [1.807, 2.05) is 6.20 Å². The summed E-state index contributed by atoms with van der Waals surface area (Å²) in [7, 11) is 2.14. The summed E-state index contributed by atoms with van der Waals surface area (Å²) in [6.45, 7) is 10.6. The molecule has 2 N–H and O–H groups in total. The zero-order valence-corrected chi connectivity index (χ0v) is 17.2. The van der Waals surface area contributed by atoms with E-state index in [9.17, 15) is 0 Å². The number of hydrogen-bond donors (Lipinski definition) is 2. The molecule has 0 aliphatic carbocycles. The van der Waals surface area contributed by atoms with Crippen LogP contribution in [-0.4, -0.2) is 36.0 Å². The van der Waals surface area contributed by atoms with Gasteiger partial charge in [0.25, 0.3) is 0 Å². The van der Waals surface area contributed by atoms with Crippen molar-refractivity contribution < 1.29 is 0 Å². The van der Waals surface area contributed by atoms with E-state index in [0.717, 1.165) is 37.0 Å². The van der Waals surface area contributed by atoms with Gasteiger partial charge in [0.2, 0.25) is 0 Å². The molecule has 0 aliphatic rings. The number of rotatable bonds is 9. The van der Waals surface area contributed by atoms with Crippen LogP contribution in [0.5, 0.6) is 0 Å². The molecule has 2 aromatic rings.